The molecule has 0 aliphatic heterocycles. The summed E-state index contributed by atoms with van der Waals surface area (Å²) in [6.45, 7) is 0. The number of benzene rings is 2. The number of nitrogens with zero attached hydrogens (tertiary/aromatic N) is 1. The standard InChI is InChI=1S/C16H11BrFNO/c17-14-8-11(4-5-15(14)18)16(20)12-3-1-2-10-6-7-19-9-13(10)12/h1-9,16,20H. The number of hydrogen-bond acceptors (Lipinski definition) is 2. The van der Waals surface area contributed by atoms with Gasteiger partial charge in [0.05, 0.1) is 4.47 Å². The van der Waals surface area contributed by atoms with Crippen molar-refractivity contribution in [3.8, 4) is 0 Å². The second-order valence-electron chi connectivity index (χ2n) is 4.52. The predicted molar refractivity (Wildman–Crippen MR) is 79.9 cm³/mol. The Hall–Kier alpha value is -1.78. The summed E-state index contributed by atoms with van der Waals surface area (Å²) in [5, 5.41) is 12.4. The van der Waals surface area contributed by atoms with E-state index in [1.54, 1.807) is 24.5 Å². The Bertz CT molecular complexity index is 770. The molecule has 0 bridgehead atoms. The Morgan fingerprint density at radius 1 is 1.15 bits per heavy atom. The van der Waals surface area contributed by atoms with Gasteiger partial charge < -0.3 is 5.11 Å². The minimum atomic E-state index is -0.820. The molecule has 4 heteroatoms. The lowest BCUT2D eigenvalue weighted by Gasteiger charge is -2.14. The van der Waals surface area contributed by atoms with Crippen molar-refractivity contribution in [2.45, 2.75) is 6.10 Å². The highest BCUT2D eigenvalue weighted by molar-refractivity contribution is 9.10. The van der Waals surface area contributed by atoms with Gasteiger partial charge in [0.1, 0.15) is 11.9 Å². The maximum Gasteiger partial charge on any atom is 0.137 e. The fraction of sp³-hybridized carbons (Fsp3) is 0.0625. The first-order valence-electron chi connectivity index (χ1n) is 6.12. The van der Waals surface area contributed by atoms with Crippen molar-refractivity contribution in [2.24, 2.45) is 0 Å². The summed E-state index contributed by atoms with van der Waals surface area (Å²) in [5.41, 5.74) is 1.39. The normalized spacial score (nSPS) is 12.6. The fourth-order valence-electron chi connectivity index (χ4n) is 2.24. The number of rotatable bonds is 2. The maximum absolute atomic E-state index is 13.3. The molecule has 0 aliphatic rings. The highest BCUT2D eigenvalue weighted by Gasteiger charge is 2.14. The number of aliphatic hydroxyl groups is 1. The molecule has 3 aromatic rings. The molecular weight excluding hydrogens is 321 g/mol. The summed E-state index contributed by atoms with van der Waals surface area (Å²) < 4.78 is 13.6. The van der Waals surface area contributed by atoms with Gasteiger partial charge in [0, 0.05) is 17.8 Å². The molecule has 0 saturated carbocycles. The zero-order chi connectivity index (χ0) is 14.1. The Balaban J connectivity index is 2.12. The second kappa shape index (κ2) is 5.31. The van der Waals surface area contributed by atoms with Gasteiger partial charge >= 0.3 is 0 Å². The molecule has 1 atom stereocenters. The molecule has 1 unspecified atom stereocenters. The average Bonchev–Trinajstić information content (AvgIpc) is 2.49. The topological polar surface area (TPSA) is 33.1 Å². The van der Waals surface area contributed by atoms with E-state index in [-0.39, 0.29) is 5.82 Å². The second-order valence-corrected chi connectivity index (χ2v) is 5.37. The van der Waals surface area contributed by atoms with E-state index in [9.17, 15) is 9.50 Å². The van der Waals surface area contributed by atoms with Gasteiger partial charge in [-0.15, -0.1) is 0 Å². The third-order valence-corrected chi connectivity index (χ3v) is 3.88. The van der Waals surface area contributed by atoms with Crippen molar-refractivity contribution in [1.82, 2.24) is 4.98 Å². The van der Waals surface area contributed by atoms with E-state index in [1.807, 2.05) is 24.3 Å². The highest BCUT2D eigenvalue weighted by atomic mass is 79.9. The summed E-state index contributed by atoms with van der Waals surface area (Å²) in [5.74, 6) is -0.347. The van der Waals surface area contributed by atoms with Gasteiger partial charge in [-0.2, -0.15) is 0 Å². The number of fused-ring (bicyclic) bond motifs is 1. The first-order valence-corrected chi connectivity index (χ1v) is 6.92. The van der Waals surface area contributed by atoms with Crippen LogP contribution in [0.2, 0.25) is 0 Å². The number of halogens is 2. The van der Waals surface area contributed by atoms with Crippen LogP contribution in [0.25, 0.3) is 10.8 Å². The lowest BCUT2D eigenvalue weighted by Crippen LogP contribution is -2.01. The van der Waals surface area contributed by atoms with Crippen LogP contribution in [0.1, 0.15) is 17.2 Å². The molecule has 1 N–H and O–H groups in total. The summed E-state index contributed by atoms with van der Waals surface area (Å²) in [6, 6.07) is 12.1. The molecule has 0 spiro atoms. The lowest BCUT2D eigenvalue weighted by atomic mass is 9.97. The summed E-state index contributed by atoms with van der Waals surface area (Å²) in [7, 11) is 0. The molecular formula is C16H11BrFNO. The van der Waals surface area contributed by atoms with Crippen LogP contribution < -0.4 is 0 Å². The van der Waals surface area contributed by atoms with Crippen LogP contribution in [0.15, 0.2) is 59.3 Å². The zero-order valence-electron chi connectivity index (χ0n) is 10.4. The molecule has 3 rings (SSSR count). The molecule has 0 radical (unpaired) electrons. The van der Waals surface area contributed by atoms with Gasteiger partial charge in [-0.1, -0.05) is 24.3 Å². The van der Waals surface area contributed by atoms with Crippen LogP contribution in [0.5, 0.6) is 0 Å². The average molecular weight is 332 g/mol. The van der Waals surface area contributed by atoms with Crippen LogP contribution in [0.3, 0.4) is 0 Å². The van der Waals surface area contributed by atoms with Crippen LogP contribution in [0, 0.1) is 5.82 Å². The molecule has 2 nitrogen and oxygen atoms in total. The smallest absolute Gasteiger partial charge is 0.137 e. The minimum Gasteiger partial charge on any atom is -0.384 e. The van der Waals surface area contributed by atoms with Crippen molar-refractivity contribution in [2.75, 3.05) is 0 Å². The summed E-state index contributed by atoms with van der Waals surface area (Å²) in [6.07, 6.45) is 2.62. The van der Waals surface area contributed by atoms with Crippen molar-refractivity contribution >= 4 is 26.7 Å². The largest absolute Gasteiger partial charge is 0.384 e. The van der Waals surface area contributed by atoms with Gasteiger partial charge in [-0.05, 0) is 50.6 Å². The van der Waals surface area contributed by atoms with E-state index in [0.29, 0.717) is 10.0 Å². The van der Waals surface area contributed by atoms with E-state index >= 15 is 0 Å². The Labute approximate surface area is 124 Å². The number of hydrogen-bond donors (Lipinski definition) is 1. The molecule has 0 aliphatic carbocycles. The quantitative estimate of drug-likeness (QED) is 0.762. The Morgan fingerprint density at radius 2 is 2.00 bits per heavy atom. The van der Waals surface area contributed by atoms with Crippen molar-refractivity contribution in [3.05, 3.63) is 76.3 Å². The monoisotopic (exact) mass is 331 g/mol. The molecule has 1 aromatic heterocycles. The van der Waals surface area contributed by atoms with E-state index < -0.39 is 6.10 Å². The molecule has 0 amide bonds. The first-order chi connectivity index (χ1) is 9.66. The molecule has 1 heterocycles. The van der Waals surface area contributed by atoms with Gasteiger partial charge in [0.15, 0.2) is 0 Å². The first kappa shape index (κ1) is 13.2. The summed E-state index contributed by atoms with van der Waals surface area (Å²) in [4.78, 5) is 4.10. The van der Waals surface area contributed by atoms with E-state index in [2.05, 4.69) is 20.9 Å². The fourth-order valence-corrected chi connectivity index (χ4v) is 2.63. The van der Waals surface area contributed by atoms with Crippen LogP contribution >= 0.6 is 15.9 Å². The van der Waals surface area contributed by atoms with E-state index in [0.717, 1.165) is 16.3 Å². The van der Waals surface area contributed by atoms with Crippen LogP contribution in [0.4, 0.5) is 4.39 Å². The van der Waals surface area contributed by atoms with Crippen LogP contribution in [-0.4, -0.2) is 10.1 Å². The van der Waals surface area contributed by atoms with E-state index in [4.69, 9.17) is 0 Å². The third-order valence-electron chi connectivity index (χ3n) is 3.27. The Morgan fingerprint density at radius 3 is 2.80 bits per heavy atom. The third kappa shape index (κ3) is 2.32. The van der Waals surface area contributed by atoms with Crippen molar-refractivity contribution in [3.63, 3.8) is 0 Å². The molecule has 20 heavy (non-hydrogen) atoms. The van der Waals surface area contributed by atoms with Crippen LogP contribution in [-0.2, 0) is 0 Å². The molecule has 0 saturated heterocycles. The minimum absolute atomic E-state index is 0.340. The molecule has 2 aromatic carbocycles. The maximum atomic E-state index is 13.3. The van der Waals surface area contributed by atoms with Gasteiger partial charge in [0.25, 0.3) is 0 Å². The van der Waals surface area contributed by atoms with Crippen molar-refractivity contribution in [1.29, 1.82) is 0 Å². The van der Waals surface area contributed by atoms with Gasteiger partial charge in [-0.3, -0.25) is 4.98 Å². The number of aliphatic hydroxyl groups excluding tert-OH is 1. The van der Waals surface area contributed by atoms with Gasteiger partial charge in [-0.25, -0.2) is 4.39 Å². The van der Waals surface area contributed by atoms with E-state index in [1.165, 1.54) is 6.07 Å². The lowest BCUT2D eigenvalue weighted by molar-refractivity contribution is 0.221. The van der Waals surface area contributed by atoms with Crippen molar-refractivity contribution < 1.29 is 9.50 Å². The molecule has 0 fully saturated rings. The predicted octanol–water partition coefficient (Wildman–Crippen LogP) is 4.22. The summed E-state index contributed by atoms with van der Waals surface area (Å²) >= 11 is 3.14. The molecule has 100 valence electrons. The number of pyridine rings is 1. The van der Waals surface area contributed by atoms with Gasteiger partial charge in [0.2, 0.25) is 0 Å². The SMILES string of the molecule is OC(c1ccc(F)c(Br)c1)c1cccc2ccncc12. The highest BCUT2D eigenvalue weighted by Crippen LogP contribution is 2.30. The Kier molecular flexibility index (Phi) is 3.51. The zero-order valence-corrected chi connectivity index (χ0v) is 12.0. The number of aromatic nitrogens is 1.